The topological polar surface area (TPSA) is 91.3 Å². The summed E-state index contributed by atoms with van der Waals surface area (Å²) in [5.74, 6) is -0.0629. The second-order valence-electron chi connectivity index (χ2n) is 4.37. The molecule has 0 fully saturated rings. The van der Waals surface area contributed by atoms with Crippen molar-refractivity contribution in [2.24, 2.45) is 0 Å². The maximum atomic E-state index is 11.6. The molecule has 7 heteroatoms. The number of nitrogens with zero attached hydrogens (tertiary/aromatic N) is 1. The van der Waals surface area contributed by atoms with Crippen LogP contribution in [0.2, 0.25) is 0 Å². The fourth-order valence-electron chi connectivity index (χ4n) is 1.48. The molecule has 0 aromatic carbocycles. The number of carbonyl (C=O) groups excluding carboxylic acids is 1. The van der Waals surface area contributed by atoms with Crippen molar-refractivity contribution >= 4 is 23.8 Å². The van der Waals surface area contributed by atoms with E-state index in [0.717, 1.165) is 17.7 Å². The van der Waals surface area contributed by atoms with Crippen LogP contribution in [0.15, 0.2) is 18.3 Å². The minimum absolute atomic E-state index is 0.0103. The first-order valence-corrected chi connectivity index (χ1v) is 7.64. The Kier molecular flexibility index (Phi) is 6.86. The number of aromatic carboxylic acids is 1. The van der Waals surface area contributed by atoms with E-state index in [2.05, 4.69) is 15.6 Å². The largest absolute Gasteiger partial charge is 0.477 e. The van der Waals surface area contributed by atoms with Crippen LogP contribution in [0, 0.1) is 0 Å². The third kappa shape index (κ3) is 5.92. The summed E-state index contributed by atoms with van der Waals surface area (Å²) in [5, 5.41) is 14.3. The number of carboxylic acids is 1. The Morgan fingerprint density at radius 3 is 2.75 bits per heavy atom. The normalized spacial score (nSPS) is 11.7. The number of pyridine rings is 1. The number of nitrogens with one attached hydrogen (secondary N) is 2. The van der Waals surface area contributed by atoms with Gasteiger partial charge < -0.3 is 15.7 Å². The fraction of sp³-hybridized carbons (Fsp3) is 0.462. The minimum atomic E-state index is -1.06. The van der Waals surface area contributed by atoms with Crippen molar-refractivity contribution in [3.63, 3.8) is 0 Å². The lowest BCUT2D eigenvalue weighted by atomic mass is 10.2. The molecule has 1 aromatic heterocycles. The van der Waals surface area contributed by atoms with Crippen molar-refractivity contribution in [1.82, 2.24) is 15.6 Å². The fourth-order valence-corrected chi connectivity index (χ4v) is 2.07. The molecule has 1 aromatic rings. The average molecular weight is 297 g/mol. The van der Waals surface area contributed by atoms with E-state index >= 15 is 0 Å². The van der Waals surface area contributed by atoms with Crippen LogP contribution in [0.1, 0.15) is 29.4 Å². The van der Waals surface area contributed by atoms with E-state index in [1.807, 2.05) is 13.2 Å². The van der Waals surface area contributed by atoms with Gasteiger partial charge in [-0.25, -0.2) is 14.6 Å². The molecular weight excluding hydrogens is 278 g/mol. The van der Waals surface area contributed by atoms with Gasteiger partial charge in [-0.1, -0.05) is 6.07 Å². The molecule has 0 saturated heterocycles. The van der Waals surface area contributed by atoms with Crippen LogP contribution in [0.25, 0.3) is 0 Å². The van der Waals surface area contributed by atoms with Gasteiger partial charge in [-0.15, -0.1) is 0 Å². The lowest BCUT2D eigenvalue weighted by Crippen LogP contribution is -2.40. The molecule has 6 nitrogen and oxygen atoms in total. The predicted octanol–water partition coefficient (Wildman–Crippen LogP) is 1.72. The molecule has 0 aliphatic heterocycles. The Bertz CT molecular complexity index is 451. The standard InChI is InChI=1S/C13H19N3O3S/c1-9(5-6-20-2)16-13(19)15-8-10-3-4-11(12(17)18)14-7-10/h3-4,7,9H,5-6,8H2,1-2H3,(H,17,18)(H2,15,16,19). The van der Waals surface area contributed by atoms with Gasteiger partial charge >= 0.3 is 12.0 Å². The summed E-state index contributed by atoms with van der Waals surface area (Å²) >= 11 is 1.74. The first kappa shape index (κ1) is 16.3. The Labute approximate surface area is 122 Å². The molecule has 1 heterocycles. The van der Waals surface area contributed by atoms with Crippen LogP contribution < -0.4 is 10.6 Å². The van der Waals surface area contributed by atoms with Crippen LogP contribution >= 0.6 is 11.8 Å². The molecule has 0 saturated carbocycles. The highest BCUT2D eigenvalue weighted by molar-refractivity contribution is 7.98. The summed E-state index contributed by atoms with van der Waals surface area (Å²) in [4.78, 5) is 26.0. The van der Waals surface area contributed by atoms with Crippen molar-refractivity contribution in [2.75, 3.05) is 12.0 Å². The molecule has 1 atom stereocenters. The van der Waals surface area contributed by atoms with Crippen molar-refractivity contribution in [3.05, 3.63) is 29.6 Å². The molecule has 1 rings (SSSR count). The number of aromatic nitrogens is 1. The van der Waals surface area contributed by atoms with Crippen molar-refractivity contribution < 1.29 is 14.7 Å². The van der Waals surface area contributed by atoms with E-state index in [-0.39, 0.29) is 17.8 Å². The van der Waals surface area contributed by atoms with Crippen LogP contribution in [0.3, 0.4) is 0 Å². The third-order valence-electron chi connectivity index (χ3n) is 2.63. The molecule has 20 heavy (non-hydrogen) atoms. The lowest BCUT2D eigenvalue weighted by Gasteiger charge is -2.14. The number of amides is 2. The Morgan fingerprint density at radius 2 is 2.20 bits per heavy atom. The van der Waals surface area contributed by atoms with Gasteiger partial charge in [0.1, 0.15) is 5.69 Å². The van der Waals surface area contributed by atoms with Gasteiger partial charge in [0.2, 0.25) is 0 Å². The first-order chi connectivity index (χ1) is 9.52. The summed E-state index contributed by atoms with van der Waals surface area (Å²) in [7, 11) is 0. The molecule has 2 amide bonds. The maximum absolute atomic E-state index is 11.6. The van der Waals surface area contributed by atoms with Gasteiger partial charge in [-0.05, 0) is 37.0 Å². The van der Waals surface area contributed by atoms with Gasteiger partial charge in [0.05, 0.1) is 0 Å². The zero-order valence-electron chi connectivity index (χ0n) is 11.5. The van der Waals surface area contributed by atoms with Gasteiger partial charge in [0.15, 0.2) is 0 Å². The van der Waals surface area contributed by atoms with E-state index in [1.54, 1.807) is 17.8 Å². The second kappa shape index (κ2) is 8.42. The molecular formula is C13H19N3O3S. The van der Waals surface area contributed by atoms with Gasteiger partial charge in [-0.3, -0.25) is 0 Å². The third-order valence-corrected chi connectivity index (χ3v) is 3.27. The van der Waals surface area contributed by atoms with Crippen molar-refractivity contribution in [1.29, 1.82) is 0 Å². The monoisotopic (exact) mass is 297 g/mol. The SMILES string of the molecule is CSCCC(C)NC(=O)NCc1ccc(C(=O)O)nc1. The molecule has 0 spiro atoms. The Balaban J connectivity index is 2.35. The minimum Gasteiger partial charge on any atom is -0.477 e. The van der Waals surface area contributed by atoms with Crippen LogP contribution in [-0.4, -0.2) is 40.1 Å². The zero-order valence-corrected chi connectivity index (χ0v) is 12.4. The molecule has 0 aliphatic carbocycles. The number of urea groups is 1. The maximum Gasteiger partial charge on any atom is 0.354 e. The highest BCUT2D eigenvalue weighted by Crippen LogP contribution is 2.01. The molecule has 0 bridgehead atoms. The summed E-state index contributed by atoms with van der Waals surface area (Å²) < 4.78 is 0. The second-order valence-corrected chi connectivity index (χ2v) is 5.35. The van der Waals surface area contributed by atoms with E-state index in [4.69, 9.17) is 5.11 Å². The Morgan fingerprint density at radius 1 is 1.45 bits per heavy atom. The smallest absolute Gasteiger partial charge is 0.354 e. The average Bonchev–Trinajstić information content (AvgIpc) is 2.43. The predicted molar refractivity (Wildman–Crippen MR) is 79.0 cm³/mol. The number of carboxylic acid groups (broad SMARTS) is 1. The number of hydrogen-bond acceptors (Lipinski definition) is 4. The highest BCUT2D eigenvalue weighted by Gasteiger charge is 2.07. The zero-order chi connectivity index (χ0) is 15.0. The quantitative estimate of drug-likeness (QED) is 0.713. The summed E-state index contributed by atoms with van der Waals surface area (Å²) in [6.45, 7) is 2.27. The van der Waals surface area contributed by atoms with E-state index in [1.165, 1.54) is 12.3 Å². The summed E-state index contributed by atoms with van der Waals surface area (Å²) in [5.41, 5.74) is 0.741. The number of rotatable bonds is 7. The van der Waals surface area contributed by atoms with Crippen LogP contribution in [-0.2, 0) is 6.54 Å². The number of carbonyl (C=O) groups is 2. The molecule has 0 radical (unpaired) electrons. The lowest BCUT2D eigenvalue weighted by molar-refractivity contribution is 0.0690. The first-order valence-electron chi connectivity index (χ1n) is 6.24. The van der Waals surface area contributed by atoms with Gasteiger partial charge in [0, 0.05) is 18.8 Å². The number of hydrogen-bond donors (Lipinski definition) is 3. The van der Waals surface area contributed by atoms with Crippen molar-refractivity contribution in [2.45, 2.75) is 25.9 Å². The van der Waals surface area contributed by atoms with E-state index in [9.17, 15) is 9.59 Å². The molecule has 110 valence electrons. The molecule has 0 aliphatic rings. The van der Waals surface area contributed by atoms with Gasteiger partial charge in [-0.2, -0.15) is 11.8 Å². The molecule has 1 unspecified atom stereocenters. The summed E-state index contributed by atoms with van der Waals surface area (Å²) in [6, 6.07) is 2.93. The van der Waals surface area contributed by atoms with Crippen molar-refractivity contribution in [3.8, 4) is 0 Å². The van der Waals surface area contributed by atoms with Gasteiger partial charge in [0.25, 0.3) is 0 Å². The summed E-state index contributed by atoms with van der Waals surface area (Å²) in [6.07, 6.45) is 4.39. The highest BCUT2D eigenvalue weighted by atomic mass is 32.2. The molecule has 3 N–H and O–H groups in total. The Hall–Kier alpha value is -1.76. The van der Waals surface area contributed by atoms with E-state index < -0.39 is 5.97 Å². The van der Waals surface area contributed by atoms with Crippen LogP contribution in [0.5, 0.6) is 0 Å². The van der Waals surface area contributed by atoms with E-state index in [0.29, 0.717) is 6.54 Å². The van der Waals surface area contributed by atoms with Crippen LogP contribution in [0.4, 0.5) is 4.79 Å². The number of thioether (sulfide) groups is 1.